The van der Waals surface area contributed by atoms with Crippen LogP contribution in [0.2, 0.25) is 5.02 Å². The van der Waals surface area contributed by atoms with E-state index < -0.39 is 5.82 Å². The molecule has 2 atom stereocenters. The number of carbonyl (C=O) groups is 1. The summed E-state index contributed by atoms with van der Waals surface area (Å²) in [6, 6.07) is 13.9. The molecule has 1 fully saturated rings. The van der Waals surface area contributed by atoms with Gasteiger partial charge in [0.05, 0.1) is 12.0 Å². The van der Waals surface area contributed by atoms with Gasteiger partial charge in [0.15, 0.2) is 0 Å². The molecule has 0 saturated carbocycles. The molecule has 2 aromatic carbocycles. The number of amides is 1. The lowest BCUT2D eigenvalue weighted by molar-refractivity contribution is -0.125. The van der Waals surface area contributed by atoms with Gasteiger partial charge in [-0.15, -0.1) is 0 Å². The summed E-state index contributed by atoms with van der Waals surface area (Å²) >= 11 is 5.98. The van der Waals surface area contributed by atoms with E-state index >= 15 is 0 Å². The van der Waals surface area contributed by atoms with Gasteiger partial charge in [-0.2, -0.15) is 0 Å². The molecule has 1 saturated heterocycles. The van der Waals surface area contributed by atoms with Crippen molar-refractivity contribution in [1.29, 1.82) is 0 Å². The molecule has 1 heterocycles. The number of carbonyl (C=O) groups excluding carboxylic acids is 1. The Morgan fingerprint density at radius 2 is 2.04 bits per heavy atom. The molecule has 0 aliphatic carbocycles. The summed E-state index contributed by atoms with van der Waals surface area (Å²) in [5, 5.41) is 3.19. The fraction of sp³-hybridized carbons (Fsp3) is 0.235. The van der Waals surface area contributed by atoms with Crippen molar-refractivity contribution in [2.45, 2.75) is 12.6 Å². The number of hydrogen-bond acceptors (Lipinski definition) is 3. The Balaban J connectivity index is 1.65. The molecular weight excluding hydrogens is 317 g/mol. The summed E-state index contributed by atoms with van der Waals surface area (Å²) < 4.78 is 13.0. The second kappa shape index (κ2) is 7.08. The van der Waals surface area contributed by atoms with E-state index in [1.54, 1.807) is 6.07 Å². The standard InChI is InChI=1S/C17H17ClFN3O/c18-15-8-13(19)7-6-12(15)9-20-17(23)14-10-21-22-16(14)11-4-2-1-3-5-11/h1-8,14,16,21-22H,9-10H2,(H,20,23). The van der Waals surface area contributed by atoms with E-state index in [0.29, 0.717) is 17.1 Å². The molecular formula is C17H17ClFN3O. The zero-order valence-electron chi connectivity index (χ0n) is 12.4. The highest BCUT2D eigenvalue weighted by molar-refractivity contribution is 6.31. The molecule has 4 nitrogen and oxygen atoms in total. The summed E-state index contributed by atoms with van der Waals surface area (Å²) in [6.45, 7) is 0.818. The third-order valence-corrected chi connectivity index (χ3v) is 4.30. The summed E-state index contributed by atoms with van der Waals surface area (Å²) in [7, 11) is 0. The van der Waals surface area contributed by atoms with Crippen LogP contribution in [0.15, 0.2) is 48.5 Å². The second-order valence-electron chi connectivity index (χ2n) is 5.47. The maximum absolute atomic E-state index is 13.0. The number of nitrogens with one attached hydrogen (secondary N) is 3. The van der Waals surface area contributed by atoms with Crippen molar-refractivity contribution in [1.82, 2.24) is 16.2 Å². The van der Waals surface area contributed by atoms with Gasteiger partial charge in [0.25, 0.3) is 0 Å². The second-order valence-corrected chi connectivity index (χ2v) is 5.88. The molecule has 6 heteroatoms. The van der Waals surface area contributed by atoms with Crippen molar-refractivity contribution in [3.8, 4) is 0 Å². The number of hydrogen-bond donors (Lipinski definition) is 3. The molecule has 0 spiro atoms. The lowest BCUT2D eigenvalue weighted by Gasteiger charge is -2.18. The SMILES string of the molecule is O=C(NCc1ccc(F)cc1Cl)C1CNNC1c1ccccc1. The first kappa shape index (κ1) is 15.9. The molecule has 1 aliphatic heterocycles. The van der Waals surface area contributed by atoms with E-state index in [0.717, 1.165) is 5.56 Å². The maximum Gasteiger partial charge on any atom is 0.226 e. The Kier molecular flexibility index (Phi) is 4.91. The molecule has 120 valence electrons. The smallest absolute Gasteiger partial charge is 0.226 e. The number of halogens is 2. The van der Waals surface area contributed by atoms with Crippen LogP contribution in [0.5, 0.6) is 0 Å². The summed E-state index contributed by atoms with van der Waals surface area (Å²) in [6.07, 6.45) is 0. The minimum atomic E-state index is -0.390. The molecule has 1 aliphatic rings. The quantitative estimate of drug-likeness (QED) is 0.806. The maximum atomic E-state index is 13.0. The first-order valence-electron chi connectivity index (χ1n) is 7.40. The average molecular weight is 334 g/mol. The molecule has 0 aromatic heterocycles. The number of benzene rings is 2. The van der Waals surface area contributed by atoms with E-state index in [4.69, 9.17) is 11.6 Å². The number of rotatable bonds is 4. The van der Waals surface area contributed by atoms with Gasteiger partial charge in [-0.05, 0) is 23.3 Å². The van der Waals surface area contributed by atoms with Crippen LogP contribution in [0, 0.1) is 11.7 Å². The van der Waals surface area contributed by atoms with Crippen molar-refractivity contribution in [2.75, 3.05) is 6.54 Å². The van der Waals surface area contributed by atoms with Crippen LogP contribution in [0.3, 0.4) is 0 Å². The van der Waals surface area contributed by atoms with Gasteiger partial charge in [0.1, 0.15) is 5.82 Å². The van der Waals surface area contributed by atoms with Crippen LogP contribution >= 0.6 is 11.6 Å². The van der Waals surface area contributed by atoms with Crippen molar-refractivity contribution in [2.24, 2.45) is 5.92 Å². The zero-order chi connectivity index (χ0) is 16.2. The summed E-state index contributed by atoms with van der Waals surface area (Å²) in [5.74, 6) is -0.688. The Morgan fingerprint density at radius 1 is 1.26 bits per heavy atom. The highest BCUT2D eigenvalue weighted by Crippen LogP contribution is 2.25. The van der Waals surface area contributed by atoms with Gasteiger partial charge >= 0.3 is 0 Å². The van der Waals surface area contributed by atoms with Crippen LogP contribution in [-0.2, 0) is 11.3 Å². The Hall–Kier alpha value is -1.95. The van der Waals surface area contributed by atoms with Crippen LogP contribution in [0.4, 0.5) is 4.39 Å². The predicted octanol–water partition coefficient (Wildman–Crippen LogP) is 2.56. The molecule has 0 radical (unpaired) electrons. The third kappa shape index (κ3) is 3.69. The predicted molar refractivity (Wildman–Crippen MR) is 87.1 cm³/mol. The van der Waals surface area contributed by atoms with E-state index in [9.17, 15) is 9.18 Å². The van der Waals surface area contributed by atoms with Crippen LogP contribution in [-0.4, -0.2) is 12.5 Å². The lowest BCUT2D eigenvalue weighted by Crippen LogP contribution is -2.34. The first-order chi connectivity index (χ1) is 11.1. The average Bonchev–Trinajstić information content (AvgIpc) is 3.04. The molecule has 1 amide bonds. The highest BCUT2D eigenvalue weighted by atomic mass is 35.5. The van der Waals surface area contributed by atoms with E-state index in [2.05, 4.69) is 16.2 Å². The van der Waals surface area contributed by atoms with Gasteiger partial charge in [-0.3, -0.25) is 10.2 Å². The minimum Gasteiger partial charge on any atom is -0.352 e. The highest BCUT2D eigenvalue weighted by Gasteiger charge is 2.33. The van der Waals surface area contributed by atoms with Gasteiger partial charge in [-0.1, -0.05) is 48.0 Å². The van der Waals surface area contributed by atoms with E-state index in [1.165, 1.54) is 12.1 Å². The van der Waals surface area contributed by atoms with Crippen LogP contribution in [0.25, 0.3) is 0 Å². The lowest BCUT2D eigenvalue weighted by atomic mass is 9.94. The van der Waals surface area contributed by atoms with Crippen molar-refractivity contribution < 1.29 is 9.18 Å². The van der Waals surface area contributed by atoms with Crippen molar-refractivity contribution in [3.05, 3.63) is 70.5 Å². The van der Waals surface area contributed by atoms with E-state index in [1.807, 2.05) is 30.3 Å². The largest absolute Gasteiger partial charge is 0.352 e. The zero-order valence-corrected chi connectivity index (χ0v) is 13.1. The van der Waals surface area contributed by atoms with Gasteiger partial charge in [0.2, 0.25) is 5.91 Å². The Labute approximate surface area is 139 Å². The normalized spacial score (nSPS) is 20.4. The monoisotopic (exact) mass is 333 g/mol. The Morgan fingerprint density at radius 3 is 2.78 bits per heavy atom. The summed E-state index contributed by atoms with van der Waals surface area (Å²) in [4.78, 5) is 12.5. The molecule has 2 aromatic rings. The molecule has 0 bridgehead atoms. The Bertz CT molecular complexity index is 695. The fourth-order valence-electron chi connectivity index (χ4n) is 2.70. The fourth-order valence-corrected chi connectivity index (χ4v) is 2.93. The first-order valence-corrected chi connectivity index (χ1v) is 7.78. The number of hydrazine groups is 1. The van der Waals surface area contributed by atoms with Crippen molar-refractivity contribution in [3.63, 3.8) is 0 Å². The topological polar surface area (TPSA) is 53.2 Å². The summed E-state index contributed by atoms with van der Waals surface area (Å²) in [5.41, 5.74) is 7.91. The third-order valence-electron chi connectivity index (χ3n) is 3.95. The van der Waals surface area contributed by atoms with Gasteiger partial charge in [-0.25, -0.2) is 9.82 Å². The van der Waals surface area contributed by atoms with Gasteiger partial charge in [0, 0.05) is 18.1 Å². The van der Waals surface area contributed by atoms with Crippen LogP contribution < -0.4 is 16.2 Å². The minimum absolute atomic E-state index is 0.0725. The molecule has 3 N–H and O–H groups in total. The van der Waals surface area contributed by atoms with E-state index in [-0.39, 0.29) is 24.4 Å². The molecule has 3 rings (SSSR count). The molecule has 23 heavy (non-hydrogen) atoms. The molecule has 2 unspecified atom stereocenters. The van der Waals surface area contributed by atoms with Crippen molar-refractivity contribution >= 4 is 17.5 Å². The van der Waals surface area contributed by atoms with Crippen LogP contribution in [0.1, 0.15) is 17.2 Å². The van der Waals surface area contributed by atoms with Gasteiger partial charge < -0.3 is 5.32 Å².